The molecule has 0 fully saturated rings. The van der Waals surface area contributed by atoms with Crippen LogP contribution in [0.4, 0.5) is 0 Å². The predicted molar refractivity (Wildman–Crippen MR) is 95.4 cm³/mol. The standard InChI is InChI=1S/C20H16N4O/c21-18(16-4-2-1-3-5-16)20-23-19(24-25-20)17-8-6-14(7-9-17)15-10-12-22-13-11-15/h1-13,18H,21H2/t18-/m0/s1. The molecule has 2 aromatic heterocycles. The van der Waals surface area contributed by atoms with Crippen LogP contribution in [0.2, 0.25) is 0 Å². The zero-order valence-corrected chi connectivity index (χ0v) is 13.4. The van der Waals surface area contributed by atoms with E-state index in [9.17, 15) is 0 Å². The molecule has 5 nitrogen and oxygen atoms in total. The molecule has 0 spiro atoms. The van der Waals surface area contributed by atoms with Gasteiger partial charge in [-0.1, -0.05) is 59.8 Å². The van der Waals surface area contributed by atoms with Gasteiger partial charge in [0, 0.05) is 18.0 Å². The van der Waals surface area contributed by atoms with Gasteiger partial charge in [-0.15, -0.1) is 0 Å². The second kappa shape index (κ2) is 6.67. The Morgan fingerprint density at radius 2 is 1.40 bits per heavy atom. The summed E-state index contributed by atoms with van der Waals surface area (Å²) in [5.41, 5.74) is 10.2. The normalized spacial score (nSPS) is 12.0. The third-order valence-corrected chi connectivity index (χ3v) is 4.02. The van der Waals surface area contributed by atoms with Crippen LogP contribution in [0.5, 0.6) is 0 Å². The quantitative estimate of drug-likeness (QED) is 0.616. The smallest absolute Gasteiger partial charge is 0.248 e. The van der Waals surface area contributed by atoms with Gasteiger partial charge >= 0.3 is 0 Å². The molecule has 0 radical (unpaired) electrons. The molecule has 5 heteroatoms. The Morgan fingerprint density at radius 1 is 0.760 bits per heavy atom. The van der Waals surface area contributed by atoms with Crippen molar-refractivity contribution in [2.45, 2.75) is 6.04 Å². The van der Waals surface area contributed by atoms with Crippen LogP contribution < -0.4 is 5.73 Å². The predicted octanol–water partition coefficient (Wildman–Crippen LogP) is 3.85. The maximum atomic E-state index is 6.21. The lowest BCUT2D eigenvalue weighted by molar-refractivity contribution is 0.367. The number of nitrogens with two attached hydrogens (primary N) is 1. The molecule has 0 saturated carbocycles. The van der Waals surface area contributed by atoms with E-state index in [1.165, 1.54) is 0 Å². The molecule has 0 aliphatic heterocycles. The van der Waals surface area contributed by atoms with Gasteiger partial charge in [0.1, 0.15) is 6.04 Å². The summed E-state index contributed by atoms with van der Waals surface area (Å²) in [4.78, 5) is 8.48. The number of nitrogens with zero attached hydrogens (tertiary/aromatic N) is 3. The van der Waals surface area contributed by atoms with Gasteiger partial charge in [-0.05, 0) is 28.8 Å². The van der Waals surface area contributed by atoms with Gasteiger partial charge in [0.2, 0.25) is 11.7 Å². The van der Waals surface area contributed by atoms with Gasteiger partial charge in [0.15, 0.2) is 0 Å². The van der Waals surface area contributed by atoms with Crippen molar-refractivity contribution in [3.63, 3.8) is 0 Å². The Bertz CT molecular complexity index is 950. The second-order valence-electron chi connectivity index (χ2n) is 5.66. The van der Waals surface area contributed by atoms with Crippen molar-refractivity contribution in [1.29, 1.82) is 0 Å². The maximum absolute atomic E-state index is 6.21. The molecular formula is C20H16N4O. The molecule has 2 aromatic carbocycles. The Balaban J connectivity index is 1.58. The van der Waals surface area contributed by atoms with E-state index in [0.29, 0.717) is 11.7 Å². The zero-order valence-electron chi connectivity index (χ0n) is 13.4. The van der Waals surface area contributed by atoms with Gasteiger partial charge in [-0.2, -0.15) is 4.98 Å². The summed E-state index contributed by atoms with van der Waals surface area (Å²) in [6, 6.07) is 21.2. The number of aromatic nitrogens is 3. The van der Waals surface area contributed by atoms with Gasteiger partial charge in [-0.3, -0.25) is 4.98 Å². The van der Waals surface area contributed by atoms with E-state index < -0.39 is 6.04 Å². The Hall–Kier alpha value is -3.31. The van der Waals surface area contributed by atoms with E-state index in [1.807, 2.05) is 66.7 Å². The Labute approximate surface area is 145 Å². The van der Waals surface area contributed by atoms with Crippen molar-refractivity contribution in [3.8, 4) is 22.5 Å². The summed E-state index contributed by atoms with van der Waals surface area (Å²) < 4.78 is 5.36. The summed E-state index contributed by atoms with van der Waals surface area (Å²) in [6.07, 6.45) is 3.55. The number of hydrogen-bond donors (Lipinski definition) is 1. The maximum Gasteiger partial charge on any atom is 0.248 e. The van der Waals surface area contributed by atoms with E-state index >= 15 is 0 Å². The van der Waals surface area contributed by atoms with E-state index in [1.54, 1.807) is 12.4 Å². The van der Waals surface area contributed by atoms with Crippen LogP contribution in [-0.4, -0.2) is 15.1 Å². The lowest BCUT2D eigenvalue weighted by atomic mass is 10.0. The van der Waals surface area contributed by atoms with Crippen molar-refractivity contribution in [1.82, 2.24) is 15.1 Å². The molecule has 0 unspecified atom stereocenters. The van der Waals surface area contributed by atoms with Crippen LogP contribution in [0.3, 0.4) is 0 Å². The molecule has 0 aliphatic carbocycles. The molecule has 0 saturated heterocycles. The fourth-order valence-electron chi connectivity index (χ4n) is 2.64. The first kappa shape index (κ1) is 15.2. The first-order valence-electron chi connectivity index (χ1n) is 7.96. The molecule has 122 valence electrons. The molecule has 4 aromatic rings. The van der Waals surface area contributed by atoms with Crippen LogP contribution >= 0.6 is 0 Å². The zero-order chi connectivity index (χ0) is 17.1. The van der Waals surface area contributed by atoms with Gasteiger partial charge in [0.05, 0.1) is 0 Å². The van der Waals surface area contributed by atoms with Crippen LogP contribution in [0.1, 0.15) is 17.5 Å². The summed E-state index contributed by atoms with van der Waals surface area (Å²) in [5.74, 6) is 0.932. The van der Waals surface area contributed by atoms with Gasteiger partial charge < -0.3 is 10.3 Å². The summed E-state index contributed by atoms with van der Waals surface area (Å²) >= 11 is 0. The average Bonchev–Trinajstić information content (AvgIpc) is 3.19. The molecule has 0 bridgehead atoms. The lowest BCUT2D eigenvalue weighted by Gasteiger charge is -2.05. The Morgan fingerprint density at radius 3 is 2.12 bits per heavy atom. The minimum absolute atomic E-state index is 0.402. The minimum atomic E-state index is -0.432. The van der Waals surface area contributed by atoms with Crippen molar-refractivity contribution >= 4 is 0 Å². The number of pyridine rings is 1. The van der Waals surface area contributed by atoms with Crippen molar-refractivity contribution < 1.29 is 4.52 Å². The fraction of sp³-hybridized carbons (Fsp3) is 0.0500. The number of benzene rings is 2. The highest BCUT2D eigenvalue weighted by Crippen LogP contribution is 2.25. The Kier molecular flexibility index (Phi) is 4.06. The molecule has 25 heavy (non-hydrogen) atoms. The molecular weight excluding hydrogens is 312 g/mol. The highest BCUT2D eigenvalue weighted by atomic mass is 16.5. The van der Waals surface area contributed by atoms with Crippen LogP contribution in [0.15, 0.2) is 83.6 Å². The molecule has 1 atom stereocenters. The van der Waals surface area contributed by atoms with Crippen molar-refractivity contribution in [3.05, 3.63) is 90.6 Å². The average molecular weight is 328 g/mol. The van der Waals surface area contributed by atoms with Crippen molar-refractivity contribution in [2.24, 2.45) is 5.73 Å². The van der Waals surface area contributed by atoms with E-state index in [-0.39, 0.29) is 0 Å². The van der Waals surface area contributed by atoms with Crippen molar-refractivity contribution in [2.75, 3.05) is 0 Å². The van der Waals surface area contributed by atoms with Crippen LogP contribution in [-0.2, 0) is 0 Å². The molecule has 4 rings (SSSR count). The van der Waals surface area contributed by atoms with Crippen LogP contribution in [0.25, 0.3) is 22.5 Å². The largest absolute Gasteiger partial charge is 0.337 e. The molecule has 0 amide bonds. The lowest BCUT2D eigenvalue weighted by Crippen LogP contribution is -2.11. The number of rotatable bonds is 4. The summed E-state index contributed by atoms with van der Waals surface area (Å²) in [7, 11) is 0. The molecule has 0 aliphatic rings. The summed E-state index contributed by atoms with van der Waals surface area (Å²) in [6.45, 7) is 0. The second-order valence-corrected chi connectivity index (χ2v) is 5.66. The van der Waals surface area contributed by atoms with E-state index in [4.69, 9.17) is 10.3 Å². The monoisotopic (exact) mass is 328 g/mol. The topological polar surface area (TPSA) is 77.8 Å². The third-order valence-electron chi connectivity index (χ3n) is 4.02. The van der Waals surface area contributed by atoms with E-state index in [2.05, 4.69) is 15.1 Å². The first-order valence-corrected chi connectivity index (χ1v) is 7.96. The van der Waals surface area contributed by atoms with Gasteiger partial charge in [0.25, 0.3) is 0 Å². The SMILES string of the molecule is N[C@@H](c1ccccc1)c1nc(-c2ccc(-c3ccncc3)cc2)no1. The molecule has 2 N–H and O–H groups in total. The summed E-state index contributed by atoms with van der Waals surface area (Å²) in [5, 5.41) is 4.06. The highest BCUT2D eigenvalue weighted by Gasteiger charge is 2.17. The third kappa shape index (κ3) is 3.18. The molecule has 2 heterocycles. The van der Waals surface area contributed by atoms with Crippen LogP contribution in [0, 0.1) is 0 Å². The fourth-order valence-corrected chi connectivity index (χ4v) is 2.64. The van der Waals surface area contributed by atoms with Gasteiger partial charge in [-0.25, -0.2) is 0 Å². The minimum Gasteiger partial charge on any atom is -0.337 e. The first-order chi connectivity index (χ1) is 12.3. The van der Waals surface area contributed by atoms with E-state index in [0.717, 1.165) is 22.3 Å². The number of hydrogen-bond acceptors (Lipinski definition) is 5. The highest BCUT2D eigenvalue weighted by molar-refractivity contribution is 5.67.